The molecule has 2 N–H and O–H groups in total. The summed E-state index contributed by atoms with van der Waals surface area (Å²) < 4.78 is 26.5. The fraction of sp³-hybridized carbons (Fsp3) is 0.455. The molecule has 0 saturated carbocycles. The van der Waals surface area contributed by atoms with E-state index in [-0.39, 0.29) is 12.2 Å². The van der Waals surface area contributed by atoms with Crippen molar-refractivity contribution in [1.82, 2.24) is 5.32 Å². The quantitative estimate of drug-likeness (QED) is 0.802. The summed E-state index contributed by atoms with van der Waals surface area (Å²) >= 11 is 0. The van der Waals surface area contributed by atoms with Crippen molar-refractivity contribution in [2.24, 2.45) is 0 Å². The number of likely N-dealkylation sites (N-methyl/N-ethyl adjacent to an activating group) is 1. The van der Waals surface area contributed by atoms with Gasteiger partial charge in [-0.05, 0) is 19.5 Å². The highest BCUT2D eigenvalue weighted by Crippen LogP contribution is 2.24. The van der Waals surface area contributed by atoms with Crippen LogP contribution < -0.4 is 5.32 Å². The summed E-state index contributed by atoms with van der Waals surface area (Å²) in [4.78, 5) is 0. The van der Waals surface area contributed by atoms with Crippen LogP contribution in [0.15, 0.2) is 18.2 Å². The fourth-order valence-electron chi connectivity index (χ4n) is 1.56. The average molecular weight is 215 g/mol. The average Bonchev–Trinajstić information content (AvgIpc) is 2.22. The summed E-state index contributed by atoms with van der Waals surface area (Å²) in [6, 6.07) is 3.96. The van der Waals surface area contributed by atoms with Crippen molar-refractivity contribution >= 4 is 0 Å². The highest BCUT2D eigenvalue weighted by atomic mass is 19.2. The van der Waals surface area contributed by atoms with Crippen molar-refractivity contribution in [3.8, 4) is 0 Å². The molecule has 0 heterocycles. The van der Waals surface area contributed by atoms with Gasteiger partial charge in [0.15, 0.2) is 11.6 Å². The van der Waals surface area contributed by atoms with Gasteiger partial charge in [0, 0.05) is 5.56 Å². The van der Waals surface area contributed by atoms with E-state index in [1.54, 1.807) is 6.92 Å². The maximum Gasteiger partial charge on any atom is 0.163 e. The van der Waals surface area contributed by atoms with E-state index in [1.807, 2.05) is 6.92 Å². The molecule has 1 aromatic carbocycles. The van der Waals surface area contributed by atoms with Crippen molar-refractivity contribution in [2.45, 2.75) is 19.4 Å². The lowest BCUT2D eigenvalue weighted by Gasteiger charge is -2.29. The zero-order valence-corrected chi connectivity index (χ0v) is 8.85. The van der Waals surface area contributed by atoms with Crippen molar-refractivity contribution < 1.29 is 13.9 Å². The molecule has 15 heavy (non-hydrogen) atoms. The Morgan fingerprint density at radius 3 is 2.60 bits per heavy atom. The van der Waals surface area contributed by atoms with Gasteiger partial charge >= 0.3 is 0 Å². The second kappa shape index (κ2) is 4.68. The standard InChI is InChI=1S/C11H15F2NO/c1-3-14-11(2,7-15)8-5-4-6-9(12)10(8)13/h4-6,14-15H,3,7H2,1-2H3. The zero-order chi connectivity index (χ0) is 11.5. The van der Waals surface area contributed by atoms with Crippen molar-refractivity contribution in [3.05, 3.63) is 35.4 Å². The molecule has 0 amide bonds. The molecule has 0 aromatic heterocycles. The van der Waals surface area contributed by atoms with Gasteiger partial charge < -0.3 is 10.4 Å². The van der Waals surface area contributed by atoms with E-state index in [4.69, 9.17) is 0 Å². The molecule has 84 valence electrons. The van der Waals surface area contributed by atoms with Gasteiger partial charge in [0.05, 0.1) is 12.1 Å². The Morgan fingerprint density at radius 1 is 1.40 bits per heavy atom. The molecule has 1 unspecified atom stereocenters. The molecule has 0 spiro atoms. The molecule has 0 aliphatic carbocycles. The number of rotatable bonds is 4. The van der Waals surface area contributed by atoms with Gasteiger partial charge in [-0.15, -0.1) is 0 Å². The van der Waals surface area contributed by atoms with E-state index in [0.717, 1.165) is 6.07 Å². The molecule has 1 atom stereocenters. The Morgan fingerprint density at radius 2 is 2.07 bits per heavy atom. The highest BCUT2D eigenvalue weighted by Gasteiger charge is 2.28. The van der Waals surface area contributed by atoms with E-state index < -0.39 is 17.2 Å². The molecule has 0 aliphatic heterocycles. The minimum Gasteiger partial charge on any atom is -0.394 e. The Kier molecular flexibility index (Phi) is 3.77. The Balaban J connectivity index is 3.17. The van der Waals surface area contributed by atoms with Crippen LogP contribution >= 0.6 is 0 Å². The largest absolute Gasteiger partial charge is 0.394 e. The number of nitrogens with one attached hydrogen (secondary N) is 1. The highest BCUT2D eigenvalue weighted by molar-refractivity contribution is 5.26. The minimum atomic E-state index is -0.944. The van der Waals surface area contributed by atoms with Gasteiger partial charge in [-0.25, -0.2) is 8.78 Å². The van der Waals surface area contributed by atoms with Crippen LogP contribution in [-0.4, -0.2) is 18.3 Å². The summed E-state index contributed by atoms with van der Waals surface area (Å²) in [5, 5.41) is 12.2. The van der Waals surface area contributed by atoms with Crippen molar-refractivity contribution in [1.29, 1.82) is 0 Å². The second-order valence-corrected chi connectivity index (χ2v) is 3.62. The SMILES string of the molecule is CCNC(C)(CO)c1cccc(F)c1F. The molecule has 0 radical (unpaired) electrons. The summed E-state index contributed by atoms with van der Waals surface area (Å²) in [6.07, 6.45) is 0. The van der Waals surface area contributed by atoms with Crippen LogP contribution in [0.5, 0.6) is 0 Å². The predicted molar refractivity (Wildman–Crippen MR) is 54.5 cm³/mol. The lowest BCUT2D eigenvalue weighted by Crippen LogP contribution is -2.43. The molecule has 2 nitrogen and oxygen atoms in total. The monoisotopic (exact) mass is 215 g/mol. The van der Waals surface area contributed by atoms with Crippen molar-refractivity contribution in [2.75, 3.05) is 13.2 Å². The van der Waals surface area contributed by atoms with Gasteiger partial charge in [0.2, 0.25) is 0 Å². The van der Waals surface area contributed by atoms with Crippen LogP contribution in [0.3, 0.4) is 0 Å². The molecule has 4 heteroatoms. The van der Waals surface area contributed by atoms with E-state index in [0.29, 0.717) is 6.54 Å². The van der Waals surface area contributed by atoms with Crippen molar-refractivity contribution in [3.63, 3.8) is 0 Å². The third-order valence-corrected chi connectivity index (χ3v) is 2.43. The summed E-state index contributed by atoms with van der Waals surface area (Å²) in [5.41, 5.74) is -0.798. The first-order valence-electron chi connectivity index (χ1n) is 4.85. The van der Waals surface area contributed by atoms with Gasteiger partial charge in [-0.2, -0.15) is 0 Å². The van der Waals surface area contributed by atoms with E-state index in [2.05, 4.69) is 5.32 Å². The summed E-state index contributed by atoms with van der Waals surface area (Å²) in [5.74, 6) is -1.81. The maximum atomic E-state index is 13.5. The fourth-order valence-corrected chi connectivity index (χ4v) is 1.56. The van der Waals surface area contributed by atoms with E-state index in [9.17, 15) is 13.9 Å². The number of halogens is 2. The number of benzene rings is 1. The molecular formula is C11H15F2NO. The number of aliphatic hydroxyl groups is 1. The van der Waals surface area contributed by atoms with E-state index in [1.165, 1.54) is 12.1 Å². The minimum absolute atomic E-state index is 0.145. The first-order valence-corrected chi connectivity index (χ1v) is 4.85. The number of hydrogen-bond donors (Lipinski definition) is 2. The number of aliphatic hydroxyl groups excluding tert-OH is 1. The lowest BCUT2D eigenvalue weighted by atomic mass is 9.92. The van der Waals surface area contributed by atoms with Crippen LogP contribution in [-0.2, 0) is 5.54 Å². The van der Waals surface area contributed by atoms with Crippen LogP contribution in [0, 0.1) is 11.6 Å². The topological polar surface area (TPSA) is 32.3 Å². The second-order valence-electron chi connectivity index (χ2n) is 3.62. The summed E-state index contributed by atoms with van der Waals surface area (Å²) in [7, 11) is 0. The molecule has 1 rings (SSSR count). The lowest BCUT2D eigenvalue weighted by molar-refractivity contribution is 0.172. The smallest absolute Gasteiger partial charge is 0.163 e. The Labute approximate surface area is 87.9 Å². The van der Waals surface area contributed by atoms with Crippen LogP contribution in [0.2, 0.25) is 0 Å². The van der Waals surface area contributed by atoms with Gasteiger partial charge in [-0.1, -0.05) is 19.1 Å². The van der Waals surface area contributed by atoms with Crippen LogP contribution in [0.25, 0.3) is 0 Å². The van der Waals surface area contributed by atoms with Gasteiger partial charge in [0.25, 0.3) is 0 Å². The maximum absolute atomic E-state index is 13.5. The first-order chi connectivity index (χ1) is 7.05. The Hall–Kier alpha value is -1.00. The third-order valence-electron chi connectivity index (χ3n) is 2.43. The summed E-state index contributed by atoms with van der Waals surface area (Å²) in [6.45, 7) is 3.74. The van der Waals surface area contributed by atoms with Gasteiger partial charge in [-0.3, -0.25) is 0 Å². The predicted octanol–water partition coefficient (Wildman–Crippen LogP) is 1.78. The molecule has 1 aromatic rings. The number of hydrogen-bond acceptors (Lipinski definition) is 2. The molecule has 0 bridgehead atoms. The normalized spacial score (nSPS) is 15.0. The first kappa shape index (κ1) is 12.1. The van der Waals surface area contributed by atoms with Crippen LogP contribution in [0.4, 0.5) is 8.78 Å². The van der Waals surface area contributed by atoms with Gasteiger partial charge in [0.1, 0.15) is 0 Å². The molecular weight excluding hydrogens is 200 g/mol. The molecule has 0 aliphatic rings. The zero-order valence-electron chi connectivity index (χ0n) is 8.85. The molecule has 0 fully saturated rings. The Bertz CT molecular complexity index is 343. The van der Waals surface area contributed by atoms with Crippen LogP contribution in [0.1, 0.15) is 19.4 Å². The van der Waals surface area contributed by atoms with E-state index >= 15 is 0 Å². The third kappa shape index (κ3) is 2.33. The molecule has 0 saturated heterocycles.